The molecule has 118 valence electrons. The molecule has 0 aromatic rings. The molecule has 0 heterocycles. The summed E-state index contributed by atoms with van der Waals surface area (Å²) in [5, 5.41) is 35.3. The summed E-state index contributed by atoms with van der Waals surface area (Å²) in [5.41, 5.74) is 13.8. The van der Waals surface area contributed by atoms with E-state index in [2.05, 4.69) is 10.9 Å². The molecule has 0 atom stereocenters. The Morgan fingerprint density at radius 1 is 0.750 bits per heavy atom. The van der Waals surface area contributed by atoms with Crippen molar-refractivity contribution in [3.8, 4) is 0 Å². The SMILES string of the molecule is CC(=O)O.CC(=O)O.CC(=O)O.N=C(N)NNC(=N)N. The van der Waals surface area contributed by atoms with Crippen molar-refractivity contribution in [2.24, 2.45) is 11.5 Å². The van der Waals surface area contributed by atoms with E-state index in [0.717, 1.165) is 20.8 Å². The van der Waals surface area contributed by atoms with E-state index in [4.69, 9.17) is 52.0 Å². The zero-order valence-electron chi connectivity index (χ0n) is 11.2. The average molecular weight is 296 g/mol. The van der Waals surface area contributed by atoms with E-state index in [1.54, 1.807) is 0 Å². The van der Waals surface area contributed by atoms with Crippen molar-refractivity contribution in [1.29, 1.82) is 10.8 Å². The minimum atomic E-state index is -0.833. The van der Waals surface area contributed by atoms with Crippen LogP contribution < -0.4 is 22.3 Å². The van der Waals surface area contributed by atoms with Gasteiger partial charge >= 0.3 is 0 Å². The first-order valence-electron chi connectivity index (χ1n) is 4.61. The standard InChI is InChI=1S/C2H8N6.3C2H4O2/c3-1(4)7-8-2(5)6;3*1-2(3)4/h(H4,3,4,7)(H4,5,6,8);3*1H3,(H,3,4). The Labute approximate surface area is 114 Å². The van der Waals surface area contributed by atoms with E-state index in [1.807, 2.05) is 0 Å². The lowest BCUT2D eigenvalue weighted by Crippen LogP contribution is -2.47. The van der Waals surface area contributed by atoms with E-state index < -0.39 is 17.9 Å². The Hall–Kier alpha value is -3.05. The molecule has 0 fully saturated rings. The lowest BCUT2D eigenvalue weighted by atomic mass is 10.9. The highest BCUT2D eigenvalue weighted by Crippen LogP contribution is 1.43. The largest absolute Gasteiger partial charge is 0.481 e. The molecule has 0 bridgehead atoms. The maximum atomic E-state index is 9.00. The van der Waals surface area contributed by atoms with Gasteiger partial charge in [-0.05, 0) is 0 Å². The van der Waals surface area contributed by atoms with Gasteiger partial charge in [0.15, 0.2) is 0 Å². The Morgan fingerprint density at radius 3 is 0.900 bits per heavy atom. The van der Waals surface area contributed by atoms with Crippen LogP contribution in [-0.2, 0) is 14.4 Å². The third-order valence-corrected chi connectivity index (χ3v) is 0.332. The number of rotatable bonds is 0. The Balaban J connectivity index is -0.0000000917. The summed E-state index contributed by atoms with van der Waals surface area (Å²) < 4.78 is 0. The first-order valence-corrected chi connectivity index (χ1v) is 4.61. The summed E-state index contributed by atoms with van der Waals surface area (Å²) in [5.74, 6) is -3.06. The monoisotopic (exact) mass is 296 g/mol. The Bertz CT molecular complexity index is 277. The fraction of sp³-hybridized carbons (Fsp3) is 0.375. The van der Waals surface area contributed by atoms with Gasteiger partial charge in [0, 0.05) is 20.8 Å². The van der Waals surface area contributed by atoms with Crippen LogP contribution in [0.3, 0.4) is 0 Å². The van der Waals surface area contributed by atoms with Crippen LogP contribution in [0.2, 0.25) is 0 Å². The van der Waals surface area contributed by atoms with Gasteiger partial charge in [0.1, 0.15) is 0 Å². The van der Waals surface area contributed by atoms with Crippen LogP contribution in [0.4, 0.5) is 0 Å². The first kappa shape index (κ1) is 25.7. The molecule has 0 rings (SSSR count). The van der Waals surface area contributed by atoms with Crippen molar-refractivity contribution < 1.29 is 29.7 Å². The molecule has 0 aromatic heterocycles. The molecule has 0 aliphatic carbocycles. The van der Waals surface area contributed by atoms with Crippen LogP contribution in [0, 0.1) is 10.8 Å². The molecule has 0 saturated carbocycles. The molecule has 0 aliphatic heterocycles. The lowest BCUT2D eigenvalue weighted by Gasteiger charge is -2.02. The van der Waals surface area contributed by atoms with E-state index in [-0.39, 0.29) is 11.9 Å². The van der Waals surface area contributed by atoms with Crippen molar-refractivity contribution in [3.63, 3.8) is 0 Å². The molecule has 0 aromatic carbocycles. The summed E-state index contributed by atoms with van der Waals surface area (Å²) in [6.45, 7) is 3.25. The summed E-state index contributed by atoms with van der Waals surface area (Å²) in [7, 11) is 0. The number of hydrogen-bond donors (Lipinski definition) is 9. The van der Waals surface area contributed by atoms with Crippen molar-refractivity contribution in [1.82, 2.24) is 10.9 Å². The molecule has 0 saturated heterocycles. The number of carboxylic acids is 3. The van der Waals surface area contributed by atoms with Crippen molar-refractivity contribution in [2.75, 3.05) is 0 Å². The minimum Gasteiger partial charge on any atom is -0.481 e. The predicted octanol–water partition coefficient (Wildman–Crippen LogP) is -1.86. The number of carboxylic acid groups (broad SMARTS) is 3. The van der Waals surface area contributed by atoms with Crippen LogP contribution in [0.5, 0.6) is 0 Å². The van der Waals surface area contributed by atoms with Crippen LogP contribution in [-0.4, -0.2) is 45.1 Å². The van der Waals surface area contributed by atoms with Gasteiger partial charge in [-0.15, -0.1) is 0 Å². The zero-order chi connectivity index (χ0) is 17.3. The number of guanidine groups is 2. The van der Waals surface area contributed by atoms with E-state index >= 15 is 0 Å². The van der Waals surface area contributed by atoms with E-state index in [9.17, 15) is 0 Å². The molecule has 0 spiro atoms. The first-order chi connectivity index (χ1) is 8.82. The summed E-state index contributed by atoms with van der Waals surface area (Å²) in [6.07, 6.45) is 0. The number of carbonyl (C=O) groups is 3. The van der Waals surface area contributed by atoms with Crippen LogP contribution >= 0.6 is 0 Å². The third-order valence-electron chi connectivity index (χ3n) is 0.332. The maximum Gasteiger partial charge on any atom is 0.300 e. The van der Waals surface area contributed by atoms with Gasteiger partial charge < -0.3 is 26.8 Å². The quantitative estimate of drug-likeness (QED) is 0.137. The van der Waals surface area contributed by atoms with Crippen LogP contribution in [0.25, 0.3) is 0 Å². The predicted molar refractivity (Wildman–Crippen MR) is 70.0 cm³/mol. The lowest BCUT2D eigenvalue weighted by molar-refractivity contribution is -0.135. The summed E-state index contributed by atoms with van der Waals surface area (Å²) >= 11 is 0. The second-order valence-electron chi connectivity index (χ2n) is 2.63. The molecule has 12 nitrogen and oxygen atoms in total. The molecule has 0 unspecified atom stereocenters. The Morgan fingerprint density at radius 2 is 0.850 bits per heavy atom. The highest BCUT2D eigenvalue weighted by Gasteiger charge is 1.82. The molecule has 0 radical (unpaired) electrons. The summed E-state index contributed by atoms with van der Waals surface area (Å²) in [6, 6.07) is 0. The van der Waals surface area contributed by atoms with Gasteiger partial charge in [0.2, 0.25) is 11.9 Å². The van der Waals surface area contributed by atoms with Gasteiger partial charge in [-0.25, -0.2) is 0 Å². The molecule has 0 amide bonds. The zero-order valence-corrected chi connectivity index (χ0v) is 11.2. The molecule has 20 heavy (non-hydrogen) atoms. The third kappa shape index (κ3) is 765. The fourth-order valence-corrected chi connectivity index (χ4v) is 0.135. The highest BCUT2D eigenvalue weighted by atomic mass is 16.4. The maximum absolute atomic E-state index is 9.00. The normalized spacial score (nSPS) is 6.75. The smallest absolute Gasteiger partial charge is 0.300 e. The molecule has 11 N–H and O–H groups in total. The summed E-state index contributed by atoms with van der Waals surface area (Å²) in [4.78, 5) is 27.0. The van der Waals surface area contributed by atoms with E-state index in [0.29, 0.717) is 0 Å². The highest BCUT2D eigenvalue weighted by molar-refractivity contribution is 5.80. The second kappa shape index (κ2) is 18.3. The van der Waals surface area contributed by atoms with Crippen molar-refractivity contribution in [3.05, 3.63) is 0 Å². The van der Waals surface area contributed by atoms with Gasteiger partial charge in [0.05, 0.1) is 0 Å². The number of nitrogens with one attached hydrogen (secondary N) is 4. The van der Waals surface area contributed by atoms with Gasteiger partial charge in [0.25, 0.3) is 17.9 Å². The number of hydrazine groups is 1. The topological polar surface area (TPSA) is 236 Å². The van der Waals surface area contributed by atoms with E-state index in [1.165, 1.54) is 0 Å². The molecular formula is C8H20N6O6. The minimum absolute atomic E-state index is 0.278. The van der Waals surface area contributed by atoms with Crippen molar-refractivity contribution >= 4 is 29.8 Å². The molecule has 0 aliphatic rings. The van der Waals surface area contributed by atoms with Gasteiger partial charge in [-0.2, -0.15) is 0 Å². The number of nitrogens with two attached hydrogens (primary N) is 2. The van der Waals surface area contributed by atoms with Gasteiger partial charge in [-0.3, -0.25) is 36.1 Å². The fourth-order valence-electron chi connectivity index (χ4n) is 0.135. The van der Waals surface area contributed by atoms with Crippen LogP contribution in [0.1, 0.15) is 20.8 Å². The second-order valence-corrected chi connectivity index (χ2v) is 2.63. The van der Waals surface area contributed by atoms with Gasteiger partial charge in [-0.1, -0.05) is 0 Å². The average Bonchev–Trinajstić information content (AvgIpc) is 2.11. The number of aliphatic carboxylic acids is 3. The van der Waals surface area contributed by atoms with Crippen molar-refractivity contribution in [2.45, 2.75) is 20.8 Å². The molecule has 12 heteroatoms. The number of hydrogen-bond acceptors (Lipinski definition) is 5. The Kier molecular flexibility index (Phi) is 23.6. The molecular weight excluding hydrogens is 276 g/mol. The van der Waals surface area contributed by atoms with Crippen LogP contribution in [0.15, 0.2) is 0 Å².